The summed E-state index contributed by atoms with van der Waals surface area (Å²) in [7, 11) is 0. The molecule has 0 aliphatic carbocycles. The highest BCUT2D eigenvalue weighted by atomic mass is 19.4. The molecular weight excluding hydrogens is 369 g/mol. The zero-order chi connectivity index (χ0) is 19.9. The SMILES string of the molecule is CCn1c(C(=O)N2CCC(n3ccc(C(F)(F)F)n3)CC2)cc2ccccc21. The van der Waals surface area contributed by atoms with Gasteiger partial charge < -0.3 is 9.47 Å². The van der Waals surface area contributed by atoms with Crippen LogP contribution in [0.3, 0.4) is 0 Å². The summed E-state index contributed by atoms with van der Waals surface area (Å²) in [4.78, 5) is 14.8. The first-order valence-corrected chi connectivity index (χ1v) is 9.38. The van der Waals surface area contributed by atoms with Crippen LogP contribution in [0.5, 0.6) is 0 Å². The van der Waals surface area contributed by atoms with Gasteiger partial charge in [-0.2, -0.15) is 18.3 Å². The number of alkyl halides is 3. The average Bonchev–Trinajstić information content (AvgIpc) is 3.32. The van der Waals surface area contributed by atoms with E-state index in [1.807, 2.05) is 41.8 Å². The number of hydrogen-bond donors (Lipinski definition) is 0. The summed E-state index contributed by atoms with van der Waals surface area (Å²) in [6.07, 6.45) is -1.90. The molecule has 148 valence electrons. The Labute approximate surface area is 160 Å². The van der Waals surface area contributed by atoms with E-state index in [-0.39, 0.29) is 11.9 Å². The number of rotatable bonds is 3. The van der Waals surface area contributed by atoms with Crippen molar-refractivity contribution in [2.45, 2.75) is 38.5 Å². The molecule has 1 aliphatic rings. The maximum absolute atomic E-state index is 13.1. The fourth-order valence-electron chi connectivity index (χ4n) is 3.92. The highest BCUT2D eigenvalue weighted by Crippen LogP contribution is 2.30. The molecule has 1 saturated heterocycles. The second kappa shape index (κ2) is 7.00. The minimum Gasteiger partial charge on any atom is -0.337 e. The second-order valence-electron chi connectivity index (χ2n) is 7.03. The number of hydrogen-bond acceptors (Lipinski definition) is 2. The first-order chi connectivity index (χ1) is 13.4. The van der Waals surface area contributed by atoms with Gasteiger partial charge in [0.15, 0.2) is 5.69 Å². The van der Waals surface area contributed by atoms with Gasteiger partial charge in [0.25, 0.3) is 5.91 Å². The van der Waals surface area contributed by atoms with Crippen LogP contribution in [0.4, 0.5) is 13.2 Å². The smallest absolute Gasteiger partial charge is 0.337 e. The highest BCUT2D eigenvalue weighted by Gasteiger charge is 2.35. The predicted molar refractivity (Wildman–Crippen MR) is 99.0 cm³/mol. The molecule has 3 heterocycles. The van der Waals surface area contributed by atoms with Gasteiger partial charge in [0.05, 0.1) is 6.04 Å². The maximum Gasteiger partial charge on any atom is 0.435 e. The van der Waals surface area contributed by atoms with Crippen molar-refractivity contribution in [2.24, 2.45) is 0 Å². The molecule has 4 rings (SSSR count). The summed E-state index contributed by atoms with van der Waals surface area (Å²) in [5, 5.41) is 4.70. The average molecular weight is 390 g/mol. The van der Waals surface area contributed by atoms with Crippen molar-refractivity contribution >= 4 is 16.8 Å². The van der Waals surface area contributed by atoms with Crippen molar-refractivity contribution in [3.8, 4) is 0 Å². The number of nitrogens with zero attached hydrogens (tertiary/aromatic N) is 4. The van der Waals surface area contributed by atoms with Crippen LogP contribution < -0.4 is 0 Å². The van der Waals surface area contributed by atoms with Gasteiger partial charge in [-0.25, -0.2) is 0 Å². The van der Waals surface area contributed by atoms with E-state index in [1.54, 1.807) is 4.90 Å². The number of carbonyl (C=O) groups is 1. The predicted octanol–water partition coefficient (Wildman–Crippen LogP) is 4.35. The van der Waals surface area contributed by atoms with Crippen LogP contribution in [0, 0.1) is 0 Å². The van der Waals surface area contributed by atoms with E-state index in [4.69, 9.17) is 0 Å². The van der Waals surface area contributed by atoms with E-state index in [9.17, 15) is 18.0 Å². The summed E-state index contributed by atoms with van der Waals surface area (Å²) in [6.45, 7) is 3.69. The number of fused-ring (bicyclic) bond motifs is 1. The van der Waals surface area contributed by atoms with E-state index >= 15 is 0 Å². The molecule has 0 radical (unpaired) electrons. The molecule has 0 N–H and O–H groups in total. The third kappa shape index (κ3) is 3.27. The zero-order valence-electron chi connectivity index (χ0n) is 15.5. The number of para-hydroxylation sites is 1. The van der Waals surface area contributed by atoms with Crippen molar-refractivity contribution in [1.29, 1.82) is 0 Å². The fourth-order valence-corrected chi connectivity index (χ4v) is 3.92. The van der Waals surface area contributed by atoms with Gasteiger partial charge in [0, 0.05) is 36.7 Å². The molecule has 2 aromatic heterocycles. The summed E-state index contributed by atoms with van der Waals surface area (Å²) in [6, 6.07) is 10.7. The number of benzene rings is 1. The van der Waals surface area contributed by atoms with Crippen LogP contribution in [0.2, 0.25) is 0 Å². The van der Waals surface area contributed by atoms with Crippen LogP contribution in [0.25, 0.3) is 10.9 Å². The fraction of sp³-hybridized carbons (Fsp3) is 0.400. The van der Waals surface area contributed by atoms with Gasteiger partial charge >= 0.3 is 6.18 Å². The molecule has 1 amide bonds. The number of likely N-dealkylation sites (tertiary alicyclic amines) is 1. The highest BCUT2D eigenvalue weighted by molar-refractivity contribution is 5.98. The Morgan fingerprint density at radius 1 is 1.18 bits per heavy atom. The summed E-state index contributed by atoms with van der Waals surface area (Å²) >= 11 is 0. The summed E-state index contributed by atoms with van der Waals surface area (Å²) in [5.74, 6) is -0.0343. The lowest BCUT2D eigenvalue weighted by Crippen LogP contribution is -2.40. The number of halogens is 3. The van der Waals surface area contributed by atoms with Crippen molar-refractivity contribution in [3.05, 3.63) is 54.0 Å². The zero-order valence-corrected chi connectivity index (χ0v) is 15.5. The molecule has 0 bridgehead atoms. The number of aromatic nitrogens is 3. The van der Waals surface area contributed by atoms with E-state index in [0.29, 0.717) is 38.2 Å². The van der Waals surface area contributed by atoms with Gasteiger partial charge in [-0.15, -0.1) is 0 Å². The molecular formula is C20H21F3N4O. The molecule has 3 aromatic rings. The van der Waals surface area contributed by atoms with E-state index in [0.717, 1.165) is 17.0 Å². The number of aryl methyl sites for hydroxylation is 1. The van der Waals surface area contributed by atoms with Crippen molar-refractivity contribution in [3.63, 3.8) is 0 Å². The van der Waals surface area contributed by atoms with Gasteiger partial charge in [-0.3, -0.25) is 9.48 Å². The number of piperidine rings is 1. The van der Waals surface area contributed by atoms with E-state index in [2.05, 4.69) is 5.10 Å². The molecule has 0 saturated carbocycles. The molecule has 1 aromatic carbocycles. The Kier molecular flexibility index (Phi) is 4.64. The molecule has 28 heavy (non-hydrogen) atoms. The molecule has 0 spiro atoms. The van der Waals surface area contributed by atoms with Crippen LogP contribution >= 0.6 is 0 Å². The maximum atomic E-state index is 13.1. The molecule has 0 unspecified atom stereocenters. The van der Waals surface area contributed by atoms with Gasteiger partial charge in [0.1, 0.15) is 5.69 Å². The Balaban J connectivity index is 1.48. The second-order valence-corrected chi connectivity index (χ2v) is 7.03. The largest absolute Gasteiger partial charge is 0.435 e. The molecule has 8 heteroatoms. The van der Waals surface area contributed by atoms with Crippen LogP contribution in [-0.4, -0.2) is 38.2 Å². The third-order valence-corrected chi connectivity index (χ3v) is 5.37. The lowest BCUT2D eigenvalue weighted by Gasteiger charge is -2.32. The van der Waals surface area contributed by atoms with E-state index < -0.39 is 11.9 Å². The Morgan fingerprint density at radius 2 is 1.89 bits per heavy atom. The van der Waals surface area contributed by atoms with Crippen molar-refractivity contribution in [2.75, 3.05) is 13.1 Å². The summed E-state index contributed by atoms with van der Waals surface area (Å²) in [5.41, 5.74) is 0.804. The number of carbonyl (C=O) groups excluding carboxylic acids is 1. The topological polar surface area (TPSA) is 43.1 Å². The van der Waals surface area contributed by atoms with Gasteiger partial charge in [-0.05, 0) is 38.0 Å². The van der Waals surface area contributed by atoms with Gasteiger partial charge in [0.2, 0.25) is 0 Å². The Hall–Kier alpha value is -2.77. The van der Waals surface area contributed by atoms with Crippen LogP contribution in [0.15, 0.2) is 42.6 Å². The summed E-state index contributed by atoms with van der Waals surface area (Å²) < 4.78 is 41.6. The minimum atomic E-state index is -4.44. The Morgan fingerprint density at radius 3 is 2.54 bits per heavy atom. The normalized spacial score (nSPS) is 16.1. The lowest BCUT2D eigenvalue weighted by atomic mass is 10.0. The number of amides is 1. The Bertz CT molecular complexity index is 996. The third-order valence-electron chi connectivity index (χ3n) is 5.37. The minimum absolute atomic E-state index is 0.0343. The van der Waals surface area contributed by atoms with Gasteiger partial charge in [-0.1, -0.05) is 18.2 Å². The first kappa shape index (κ1) is 18.6. The van der Waals surface area contributed by atoms with Crippen molar-refractivity contribution in [1.82, 2.24) is 19.2 Å². The van der Waals surface area contributed by atoms with Crippen molar-refractivity contribution < 1.29 is 18.0 Å². The molecule has 0 atom stereocenters. The molecule has 1 fully saturated rings. The van der Waals surface area contributed by atoms with E-state index in [1.165, 1.54) is 10.9 Å². The van der Waals surface area contributed by atoms with Crippen LogP contribution in [0.1, 0.15) is 42.0 Å². The lowest BCUT2D eigenvalue weighted by molar-refractivity contribution is -0.141. The quantitative estimate of drug-likeness (QED) is 0.667. The monoisotopic (exact) mass is 390 g/mol. The first-order valence-electron chi connectivity index (χ1n) is 9.38. The molecule has 5 nitrogen and oxygen atoms in total. The van der Waals surface area contributed by atoms with Crippen LogP contribution in [-0.2, 0) is 12.7 Å². The standard InChI is InChI=1S/C20H21F3N4O/c1-2-26-16-6-4-3-5-14(16)13-17(26)19(28)25-10-7-15(8-11-25)27-12-9-18(24-27)20(21,22)23/h3-6,9,12-13,15H,2,7-8,10-11H2,1H3. The molecule has 1 aliphatic heterocycles.